The van der Waals surface area contributed by atoms with E-state index >= 15 is 0 Å². The summed E-state index contributed by atoms with van der Waals surface area (Å²) in [4.78, 5) is 37.8. The molecule has 0 spiro atoms. The number of esters is 1. The van der Waals surface area contributed by atoms with Crippen LogP contribution in [0.1, 0.15) is 25.0 Å². The van der Waals surface area contributed by atoms with Gasteiger partial charge in [-0.05, 0) is 40.8 Å². The van der Waals surface area contributed by atoms with Crippen LogP contribution in [0.5, 0.6) is 5.75 Å². The Bertz CT molecular complexity index is 1320. The van der Waals surface area contributed by atoms with Gasteiger partial charge in [0.25, 0.3) is 0 Å². The molecule has 3 unspecified atom stereocenters. The number of hydrogen-bond acceptors (Lipinski definition) is 7. The number of carboxylic acids is 1. The number of nitrogens with zero attached hydrogens (tertiary/aromatic N) is 1. The van der Waals surface area contributed by atoms with E-state index < -0.39 is 35.9 Å². The van der Waals surface area contributed by atoms with Crippen LogP contribution in [-0.2, 0) is 19.1 Å². The van der Waals surface area contributed by atoms with E-state index in [-0.39, 0.29) is 18.2 Å². The fourth-order valence-electron chi connectivity index (χ4n) is 5.55. The minimum absolute atomic E-state index is 0.0635. The summed E-state index contributed by atoms with van der Waals surface area (Å²) in [5, 5.41) is 22.0. The summed E-state index contributed by atoms with van der Waals surface area (Å²) in [6.07, 6.45) is 0.556. The number of aliphatic carboxylic acids is 1. The van der Waals surface area contributed by atoms with Crippen LogP contribution in [0.25, 0.3) is 16.7 Å². The Labute approximate surface area is 202 Å². The highest BCUT2D eigenvalue weighted by Crippen LogP contribution is 2.50. The van der Waals surface area contributed by atoms with Crippen LogP contribution in [0.3, 0.4) is 0 Å². The van der Waals surface area contributed by atoms with Crippen LogP contribution in [0.15, 0.2) is 59.8 Å². The number of methoxy groups -OCH3 is 1. The number of benzene rings is 2. The van der Waals surface area contributed by atoms with Crippen LogP contribution in [0.2, 0.25) is 0 Å². The number of carboxylic acid groups (broad SMARTS) is 1. The van der Waals surface area contributed by atoms with E-state index in [4.69, 9.17) is 9.47 Å². The molecule has 8 nitrogen and oxygen atoms in total. The number of carbonyl (C=O) groups is 3. The molecule has 2 aliphatic heterocycles. The summed E-state index contributed by atoms with van der Waals surface area (Å²) in [5.74, 6) is -2.79. The predicted octanol–water partition coefficient (Wildman–Crippen LogP) is 1.51. The summed E-state index contributed by atoms with van der Waals surface area (Å²) in [7, 11) is 1.32. The lowest BCUT2D eigenvalue weighted by Crippen LogP contribution is -2.64. The second-order valence-electron chi connectivity index (χ2n) is 9.01. The molecule has 2 aromatic rings. The van der Waals surface area contributed by atoms with Gasteiger partial charge in [-0.2, -0.15) is 0 Å². The molecule has 2 heterocycles. The molecule has 1 fully saturated rings. The molecule has 3 aliphatic rings. The number of β-lactam (4-membered cyclic amide) rings is 1. The molecule has 1 aliphatic carbocycles. The average Bonchev–Trinajstić information content (AvgIpc) is 3.27. The summed E-state index contributed by atoms with van der Waals surface area (Å²) in [5.41, 5.74) is 4.32. The normalized spacial score (nSPS) is 24.0. The highest BCUT2D eigenvalue weighted by molar-refractivity contribution is 6.08. The lowest BCUT2D eigenvalue weighted by Gasteiger charge is -2.47. The number of ether oxygens (including phenoxy) is 2. The third-order valence-electron chi connectivity index (χ3n) is 7.16. The van der Waals surface area contributed by atoms with Gasteiger partial charge in [-0.25, -0.2) is 4.79 Å². The van der Waals surface area contributed by atoms with Crippen LogP contribution < -0.4 is 9.84 Å². The molecule has 1 saturated heterocycles. The lowest BCUT2D eigenvalue weighted by molar-refractivity contribution is -0.301. The zero-order valence-electron chi connectivity index (χ0n) is 19.5. The van der Waals surface area contributed by atoms with Crippen molar-refractivity contribution in [3.05, 3.63) is 70.9 Å². The topological polar surface area (TPSA) is 116 Å². The van der Waals surface area contributed by atoms with Gasteiger partial charge in [0, 0.05) is 17.6 Å². The van der Waals surface area contributed by atoms with E-state index in [1.54, 1.807) is 12.1 Å². The number of carbonyl (C=O) groups excluding carboxylic acids is 3. The van der Waals surface area contributed by atoms with Gasteiger partial charge in [-0.1, -0.05) is 43.3 Å². The molecule has 0 saturated carbocycles. The predicted molar refractivity (Wildman–Crippen MR) is 123 cm³/mol. The van der Waals surface area contributed by atoms with Gasteiger partial charge in [0.1, 0.15) is 12.4 Å². The van der Waals surface area contributed by atoms with E-state index in [9.17, 15) is 24.6 Å². The van der Waals surface area contributed by atoms with Crippen molar-refractivity contribution in [2.75, 3.05) is 13.7 Å². The summed E-state index contributed by atoms with van der Waals surface area (Å²) in [6, 6.07) is 12.7. The number of aliphatic hydroxyl groups excluding tert-OH is 1. The maximum Gasteiger partial charge on any atom is 0.331 e. The lowest BCUT2D eigenvalue weighted by atomic mass is 9.78. The fraction of sp³-hybridized carbons (Fsp3) is 0.296. The smallest absolute Gasteiger partial charge is 0.331 e. The minimum atomic E-state index is -1.44. The van der Waals surface area contributed by atoms with Gasteiger partial charge >= 0.3 is 5.97 Å². The third-order valence-corrected chi connectivity index (χ3v) is 7.16. The Morgan fingerprint density at radius 3 is 2.49 bits per heavy atom. The van der Waals surface area contributed by atoms with Crippen molar-refractivity contribution < 1.29 is 34.1 Å². The first-order valence-electron chi connectivity index (χ1n) is 11.4. The highest BCUT2D eigenvalue weighted by atomic mass is 16.5. The van der Waals surface area contributed by atoms with Crippen molar-refractivity contribution in [2.45, 2.75) is 26.0 Å². The molecule has 1 amide bonds. The van der Waals surface area contributed by atoms with Gasteiger partial charge in [-0.3, -0.25) is 4.79 Å². The van der Waals surface area contributed by atoms with E-state index in [1.807, 2.05) is 37.3 Å². The Morgan fingerprint density at radius 1 is 1.14 bits per heavy atom. The molecule has 35 heavy (non-hydrogen) atoms. The molecule has 180 valence electrons. The first kappa shape index (κ1) is 22.9. The second kappa shape index (κ2) is 8.39. The van der Waals surface area contributed by atoms with Gasteiger partial charge in [-0.15, -0.1) is 0 Å². The standard InChI is InChI=1S/C27H25NO7/c1-13-19(25(27(32)33)28-24(13)22(14(2)29)26(28)31)12-35-20-10-6-9-17-18(11-21(30)34-3)15-7-4-5-8-16(15)23(17)20/h4-11,13-14,22,24,29H,12H2,1-3H3,(H,32,33)/p-1/t13-,14?,22?,24?/m0/s1. The van der Waals surface area contributed by atoms with Crippen molar-refractivity contribution in [1.29, 1.82) is 0 Å². The molecule has 2 aromatic carbocycles. The van der Waals surface area contributed by atoms with Gasteiger partial charge < -0.3 is 29.4 Å². The first-order chi connectivity index (χ1) is 16.8. The maximum atomic E-state index is 12.6. The van der Waals surface area contributed by atoms with Crippen molar-refractivity contribution in [2.24, 2.45) is 11.8 Å². The van der Waals surface area contributed by atoms with Gasteiger partial charge in [0.2, 0.25) is 5.91 Å². The van der Waals surface area contributed by atoms with Crippen LogP contribution in [0, 0.1) is 11.8 Å². The molecule has 0 bridgehead atoms. The third kappa shape index (κ3) is 3.36. The van der Waals surface area contributed by atoms with Crippen LogP contribution in [0.4, 0.5) is 0 Å². The Morgan fingerprint density at radius 2 is 1.83 bits per heavy atom. The van der Waals surface area contributed by atoms with Crippen molar-refractivity contribution >= 4 is 23.4 Å². The fourth-order valence-corrected chi connectivity index (χ4v) is 5.55. The summed E-state index contributed by atoms with van der Waals surface area (Å²) in [6.45, 7) is 3.30. The van der Waals surface area contributed by atoms with Gasteiger partial charge in [0.15, 0.2) is 0 Å². The summed E-state index contributed by atoms with van der Waals surface area (Å²) < 4.78 is 11.0. The maximum absolute atomic E-state index is 12.6. The second-order valence-corrected chi connectivity index (χ2v) is 9.01. The molecular formula is C27H24NO7-. The largest absolute Gasteiger partial charge is 0.543 e. The molecule has 1 N–H and O–H groups in total. The number of fused-ring (bicyclic) bond motifs is 4. The number of rotatable bonds is 6. The molecular weight excluding hydrogens is 450 g/mol. The molecule has 4 atom stereocenters. The number of hydrogen-bond donors (Lipinski definition) is 1. The average molecular weight is 474 g/mol. The minimum Gasteiger partial charge on any atom is -0.543 e. The number of amides is 1. The molecule has 0 radical (unpaired) electrons. The molecule has 0 aromatic heterocycles. The summed E-state index contributed by atoms with van der Waals surface area (Å²) >= 11 is 0. The van der Waals surface area contributed by atoms with Crippen molar-refractivity contribution in [1.82, 2.24) is 4.90 Å². The Hall–Kier alpha value is -3.91. The van der Waals surface area contributed by atoms with Gasteiger partial charge in [0.05, 0.1) is 36.8 Å². The van der Waals surface area contributed by atoms with Crippen LogP contribution in [-0.4, -0.2) is 53.7 Å². The highest BCUT2D eigenvalue weighted by Gasteiger charge is 2.58. The van der Waals surface area contributed by atoms with E-state index in [0.717, 1.165) is 22.3 Å². The molecule has 8 heteroatoms. The monoisotopic (exact) mass is 474 g/mol. The molecule has 5 rings (SSSR count). The SMILES string of the molecule is COC(=O)C=C1c2ccccc2-c2c(OCC3=C(C(=O)[O-])N4C(=O)C(C(C)O)C4[C@H]3C)cccc21. The van der Waals surface area contributed by atoms with Crippen LogP contribution >= 0.6 is 0 Å². The van der Waals surface area contributed by atoms with Crippen molar-refractivity contribution in [3.63, 3.8) is 0 Å². The van der Waals surface area contributed by atoms with E-state index in [0.29, 0.717) is 16.9 Å². The Balaban J connectivity index is 1.52. The number of aliphatic hydroxyl groups is 1. The Kier molecular flexibility index (Phi) is 5.48. The zero-order chi connectivity index (χ0) is 25.0. The van der Waals surface area contributed by atoms with E-state index in [1.165, 1.54) is 25.0 Å². The van der Waals surface area contributed by atoms with Crippen molar-refractivity contribution in [3.8, 4) is 16.9 Å². The van der Waals surface area contributed by atoms with E-state index in [2.05, 4.69) is 0 Å². The quantitative estimate of drug-likeness (QED) is 0.327. The first-order valence-corrected chi connectivity index (χ1v) is 11.4. The zero-order valence-corrected chi connectivity index (χ0v) is 19.5.